The van der Waals surface area contributed by atoms with E-state index in [1.165, 1.54) is 22.4 Å². The molecular formula is C12H17N. The second-order valence-corrected chi connectivity index (χ2v) is 3.54. The van der Waals surface area contributed by atoms with Gasteiger partial charge in [-0.1, -0.05) is 24.8 Å². The SMILES string of the molecule is C=Cc1ccc(C)c(C)c1N(C)C. The molecule has 1 aromatic carbocycles. The van der Waals surface area contributed by atoms with Crippen molar-refractivity contribution in [3.8, 4) is 0 Å². The van der Waals surface area contributed by atoms with Crippen LogP contribution < -0.4 is 4.90 Å². The average Bonchev–Trinajstić information content (AvgIpc) is 2.08. The highest BCUT2D eigenvalue weighted by Gasteiger charge is 2.06. The van der Waals surface area contributed by atoms with E-state index < -0.39 is 0 Å². The minimum absolute atomic E-state index is 1.20. The first-order valence-electron chi connectivity index (χ1n) is 4.48. The molecule has 0 bridgehead atoms. The van der Waals surface area contributed by atoms with E-state index in [1.807, 2.05) is 6.08 Å². The molecule has 0 N–H and O–H groups in total. The lowest BCUT2D eigenvalue weighted by Gasteiger charge is -2.20. The van der Waals surface area contributed by atoms with Gasteiger partial charge < -0.3 is 4.90 Å². The van der Waals surface area contributed by atoms with Crippen molar-refractivity contribution < 1.29 is 0 Å². The maximum absolute atomic E-state index is 3.82. The van der Waals surface area contributed by atoms with E-state index >= 15 is 0 Å². The van der Waals surface area contributed by atoms with Crippen LogP contribution in [-0.2, 0) is 0 Å². The predicted octanol–water partition coefficient (Wildman–Crippen LogP) is 3.01. The number of aryl methyl sites for hydroxylation is 1. The largest absolute Gasteiger partial charge is 0.377 e. The summed E-state index contributed by atoms with van der Waals surface area (Å²) in [6.07, 6.45) is 1.90. The molecule has 0 saturated carbocycles. The van der Waals surface area contributed by atoms with Gasteiger partial charge >= 0.3 is 0 Å². The smallest absolute Gasteiger partial charge is 0.0466 e. The lowest BCUT2D eigenvalue weighted by molar-refractivity contribution is 1.10. The molecule has 0 unspecified atom stereocenters. The topological polar surface area (TPSA) is 3.24 Å². The van der Waals surface area contributed by atoms with E-state index in [2.05, 4.69) is 51.6 Å². The Morgan fingerprint density at radius 3 is 2.31 bits per heavy atom. The molecule has 0 atom stereocenters. The molecule has 0 amide bonds. The first-order chi connectivity index (χ1) is 6.07. The lowest BCUT2D eigenvalue weighted by Crippen LogP contribution is -2.12. The van der Waals surface area contributed by atoms with Crippen LogP contribution in [0.5, 0.6) is 0 Å². The fourth-order valence-corrected chi connectivity index (χ4v) is 1.58. The van der Waals surface area contributed by atoms with Crippen molar-refractivity contribution >= 4 is 11.8 Å². The maximum atomic E-state index is 3.82. The van der Waals surface area contributed by atoms with E-state index in [1.54, 1.807) is 0 Å². The molecule has 1 nitrogen and oxygen atoms in total. The van der Waals surface area contributed by atoms with Crippen molar-refractivity contribution in [2.24, 2.45) is 0 Å². The van der Waals surface area contributed by atoms with Crippen LogP contribution in [0.25, 0.3) is 6.08 Å². The molecule has 0 saturated heterocycles. The molecule has 0 aliphatic heterocycles. The van der Waals surface area contributed by atoms with Crippen LogP contribution in [0, 0.1) is 13.8 Å². The average molecular weight is 175 g/mol. The highest BCUT2D eigenvalue weighted by atomic mass is 15.1. The number of hydrogen-bond acceptors (Lipinski definition) is 1. The van der Waals surface area contributed by atoms with Crippen LogP contribution in [0.4, 0.5) is 5.69 Å². The van der Waals surface area contributed by atoms with Crippen molar-refractivity contribution in [1.82, 2.24) is 0 Å². The number of rotatable bonds is 2. The fourth-order valence-electron chi connectivity index (χ4n) is 1.58. The Labute approximate surface area is 80.7 Å². The second-order valence-electron chi connectivity index (χ2n) is 3.54. The number of hydrogen-bond donors (Lipinski definition) is 0. The number of nitrogens with zero attached hydrogens (tertiary/aromatic N) is 1. The molecule has 0 heterocycles. The Bertz CT molecular complexity index is 324. The van der Waals surface area contributed by atoms with Crippen molar-refractivity contribution in [3.63, 3.8) is 0 Å². The summed E-state index contributed by atoms with van der Waals surface area (Å²) in [5, 5.41) is 0. The van der Waals surface area contributed by atoms with E-state index in [9.17, 15) is 0 Å². The zero-order valence-corrected chi connectivity index (χ0v) is 8.89. The van der Waals surface area contributed by atoms with Crippen molar-refractivity contribution in [2.45, 2.75) is 13.8 Å². The van der Waals surface area contributed by atoms with Gasteiger partial charge in [0.1, 0.15) is 0 Å². The van der Waals surface area contributed by atoms with Gasteiger partial charge in [0.2, 0.25) is 0 Å². The van der Waals surface area contributed by atoms with Gasteiger partial charge in [0, 0.05) is 19.8 Å². The standard InChI is InChI=1S/C12H17N/c1-6-11-8-7-9(2)10(3)12(11)13(4)5/h6-8H,1H2,2-5H3. The molecule has 1 aromatic rings. The monoisotopic (exact) mass is 175 g/mol. The Hall–Kier alpha value is -1.24. The molecule has 0 radical (unpaired) electrons. The minimum atomic E-state index is 1.20. The van der Waals surface area contributed by atoms with Crippen molar-refractivity contribution in [1.29, 1.82) is 0 Å². The molecule has 0 spiro atoms. The van der Waals surface area contributed by atoms with Crippen LogP contribution in [0.3, 0.4) is 0 Å². The zero-order chi connectivity index (χ0) is 10.0. The zero-order valence-electron chi connectivity index (χ0n) is 8.89. The number of anilines is 1. The summed E-state index contributed by atoms with van der Waals surface area (Å²) in [4.78, 5) is 2.14. The molecule has 0 aliphatic rings. The second kappa shape index (κ2) is 3.65. The first-order valence-corrected chi connectivity index (χ1v) is 4.48. The lowest BCUT2D eigenvalue weighted by atomic mass is 10.0. The van der Waals surface area contributed by atoms with Crippen LogP contribution in [0.15, 0.2) is 18.7 Å². The third kappa shape index (κ3) is 1.74. The predicted molar refractivity (Wildman–Crippen MR) is 60.3 cm³/mol. The molecule has 0 aliphatic carbocycles. The summed E-state index contributed by atoms with van der Waals surface area (Å²) < 4.78 is 0. The summed E-state index contributed by atoms with van der Waals surface area (Å²) in [7, 11) is 4.13. The van der Waals surface area contributed by atoms with E-state index in [-0.39, 0.29) is 0 Å². The van der Waals surface area contributed by atoms with Gasteiger partial charge in [0.15, 0.2) is 0 Å². The third-order valence-electron chi connectivity index (χ3n) is 2.40. The highest BCUT2D eigenvalue weighted by Crippen LogP contribution is 2.26. The minimum Gasteiger partial charge on any atom is -0.377 e. The van der Waals surface area contributed by atoms with Gasteiger partial charge in [-0.3, -0.25) is 0 Å². The third-order valence-corrected chi connectivity index (χ3v) is 2.40. The van der Waals surface area contributed by atoms with Crippen LogP contribution in [0.2, 0.25) is 0 Å². The summed E-state index contributed by atoms with van der Waals surface area (Å²) >= 11 is 0. The van der Waals surface area contributed by atoms with Gasteiger partial charge in [0.25, 0.3) is 0 Å². The van der Waals surface area contributed by atoms with Crippen molar-refractivity contribution in [2.75, 3.05) is 19.0 Å². The highest BCUT2D eigenvalue weighted by molar-refractivity contribution is 5.71. The van der Waals surface area contributed by atoms with Gasteiger partial charge in [-0.2, -0.15) is 0 Å². The normalized spacial score (nSPS) is 9.85. The first kappa shape index (κ1) is 9.85. The molecule has 0 fully saturated rings. The van der Waals surface area contributed by atoms with Gasteiger partial charge in [-0.25, -0.2) is 0 Å². The van der Waals surface area contributed by atoms with E-state index in [0.717, 1.165) is 0 Å². The molecule has 1 heteroatoms. The summed E-state index contributed by atoms with van der Waals surface area (Å²) in [5.41, 5.74) is 5.14. The Kier molecular flexibility index (Phi) is 2.76. The Morgan fingerprint density at radius 1 is 1.23 bits per heavy atom. The molecule has 0 aromatic heterocycles. The number of benzene rings is 1. The molecule has 1 rings (SSSR count). The van der Waals surface area contributed by atoms with E-state index in [4.69, 9.17) is 0 Å². The molecular weight excluding hydrogens is 158 g/mol. The Balaban J connectivity index is 3.41. The fraction of sp³-hybridized carbons (Fsp3) is 0.333. The molecule has 13 heavy (non-hydrogen) atoms. The summed E-state index contributed by atoms with van der Waals surface area (Å²) in [6.45, 7) is 8.10. The summed E-state index contributed by atoms with van der Waals surface area (Å²) in [5.74, 6) is 0. The van der Waals surface area contributed by atoms with Crippen LogP contribution in [0.1, 0.15) is 16.7 Å². The van der Waals surface area contributed by atoms with Crippen molar-refractivity contribution in [3.05, 3.63) is 35.4 Å². The quantitative estimate of drug-likeness (QED) is 0.668. The Morgan fingerprint density at radius 2 is 1.85 bits per heavy atom. The molecule has 70 valence electrons. The van der Waals surface area contributed by atoms with Crippen LogP contribution >= 0.6 is 0 Å². The van der Waals surface area contributed by atoms with Gasteiger partial charge in [0.05, 0.1) is 0 Å². The summed E-state index contributed by atoms with van der Waals surface area (Å²) in [6, 6.07) is 4.25. The van der Waals surface area contributed by atoms with Gasteiger partial charge in [-0.05, 0) is 30.5 Å². The maximum Gasteiger partial charge on any atom is 0.0466 e. The van der Waals surface area contributed by atoms with Crippen LogP contribution in [-0.4, -0.2) is 14.1 Å². The van der Waals surface area contributed by atoms with E-state index in [0.29, 0.717) is 0 Å². The van der Waals surface area contributed by atoms with Gasteiger partial charge in [-0.15, -0.1) is 0 Å².